The van der Waals surface area contributed by atoms with E-state index >= 15 is 0 Å². The van der Waals surface area contributed by atoms with Crippen LogP contribution in [0.15, 0.2) is 42.5 Å². The summed E-state index contributed by atoms with van der Waals surface area (Å²) in [7, 11) is 0. The van der Waals surface area contributed by atoms with E-state index in [-0.39, 0.29) is 16.7 Å². The smallest absolute Gasteiger partial charge is 0.251 e. The third kappa shape index (κ3) is 3.93. The molecule has 108 valence electrons. The Morgan fingerprint density at radius 2 is 1.81 bits per heavy atom. The predicted molar refractivity (Wildman–Crippen MR) is 86.6 cm³/mol. The van der Waals surface area contributed by atoms with Gasteiger partial charge in [-0.15, -0.1) is 0 Å². The van der Waals surface area contributed by atoms with Gasteiger partial charge in [-0.25, -0.2) is 0 Å². The molecule has 0 heterocycles. The van der Waals surface area contributed by atoms with Gasteiger partial charge in [0.25, 0.3) is 5.91 Å². The fourth-order valence-electron chi connectivity index (χ4n) is 1.72. The minimum absolute atomic E-state index is 0.0541. The molecule has 0 spiro atoms. The summed E-state index contributed by atoms with van der Waals surface area (Å²) in [6.07, 6.45) is 0. The zero-order chi connectivity index (χ0) is 15.4. The number of nitrogens with two attached hydrogens (primary N) is 1. The van der Waals surface area contributed by atoms with Gasteiger partial charge in [0.2, 0.25) is 0 Å². The molecular formula is C15H13ClN2O2S. The molecule has 0 aliphatic carbocycles. The Morgan fingerprint density at radius 1 is 1.19 bits per heavy atom. The zero-order valence-corrected chi connectivity index (χ0v) is 12.5. The highest BCUT2D eigenvalue weighted by atomic mass is 35.5. The number of rotatable bonds is 4. The number of phenolic OH excluding ortho intramolecular Hbond substituents is 1. The molecule has 0 saturated heterocycles. The molecule has 4 N–H and O–H groups in total. The minimum Gasteiger partial charge on any atom is -0.506 e. The molecule has 0 aliphatic heterocycles. The van der Waals surface area contributed by atoms with Crippen LogP contribution in [0.1, 0.15) is 21.5 Å². The third-order valence-electron chi connectivity index (χ3n) is 2.90. The van der Waals surface area contributed by atoms with Crippen molar-refractivity contribution in [2.75, 3.05) is 0 Å². The standard InChI is InChI=1S/C15H13ClN2O2S/c16-12-7-11(5-6-13(12)19)15(20)18-8-9-1-3-10(4-2-9)14(17)21/h1-7,19H,8H2,(H2,17,21)(H,18,20). The van der Waals surface area contributed by atoms with Crippen molar-refractivity contribution < 1.29 is 9.90 Å². The second kappa shape index (κ2) is 6.56. The number of halogens is 1. The number of benzene rings is 2. The molecular weight excluding hydrogens is 308 g/mol. The molecule has 0 aromatic heterocycles. The number of hydrogen-bond donors (Lipinski definition) is 3. The third-order valence-corrected chi connectivity index (χ3v) is 3.44. The van der Waals surface area contributed by atoms with Gasteiger partial charge in [-0.05, 0) is 23.8 Å². The predicted octanol–water partition coefficient (Wildman–Crippen LogP) is 2.61. The first-order valence-electron chi connectivity index (χ1n) is 6.13. The number of aromatic hydroxyl groups is 1. The van der Waals surface area contributed by atoms with Crippen LogP contribution in [0.3, 0.4) is 0 Å². The Bertz CT molecular complexity index is 687. The molecule has 6 heteroatoms. The molecule has 4 nitrogen and oxygen atoms in total. The van der Waals surface area contributed by atoms with Crippen LogP contribution < -0.4 is 11.1 Å². The van der Waals surface area contributed by atoms with Crippen molar-refractivity contribution in [2.24, 2.45) is 5.73 Å². The van der Waals surface area contributed by atoms with Gasteiger partial charge < -0.3 is 16.2 Å². The summed E-state index contributed by atoms with van der Waals surface area (Å²) in [6, 6.07) is 11.6. The Morgan fingerprint density at radius 3 is 2.38 bits per heavy atom. The van der Waals surface area contributed by atoms with Gasteiger partial charge >= 0.3 is 0 Å². The van der Waals surface area contributed by atoms with Crippen LogP contribution in [0.25, 0.3) is 0 Å². The van der Waals surface area contributed by atoms with Crippen molar-refractivity contribution in [3.8, 4) is 5.75 Å². The molecule has 21 heavy (non-hydrogen) atoms. The lowest BCUT2D eigenvalue weighted by Gasteiger charge is -2.07. The summed E-state index contributed by atoms with van der Waals surface area (Å²) in [5, 5.41) is 12.2. The van der Waals surface area contributed by atoms with Crippen LogP contribution in [0.4, 0.5) is 0 Å². The molecule has 1 amide bonds. The van der Waals surface area contributed by atoms with E-state index in [2.05, 4.69) is 5.32 Å². The minimum atomic E-state index is -0.268. The van der Waals surface area contributed by atoms with E-state index in [0.29, 0.717) is 17.1 Å². The highest BCUT2D eigenvalue weighted by Gasteiger charge is 2.08. The van der Waals surface area contributed by atoms with Gasteiger partial charge in [-0.2, -0.15) is 0 Å². The Labute approximate surface area is 132 Å². The van der Waals surface area contributed by atoms with Gasteiger partial charge in [0.15, 0.2) is 0 Å². The summed E-state index contributed by atoms with van der Waals surface area (Å²) in [5.41, 5.74) is 7.61. The molecule has 2 aromatic rings. The Kier molecular flexibility index (Phi) is 4.77. The van der Waals surface area contributed by atoms with Gasteiger partial charge in [-0.3, -0.25) is 4.79 Å². The average Bonchev–Trinajstić information content (AvgIpc) is 2.48. The maximum absolute atomic E-state index is 12.0. The lowest BCUT2D eigenvalue weighted by Crippen LogP contribution is -2.22. The van der Waals surface area contributed by atoms with Crippen LogP contribution in [-0.4, -0.2) is 16.0 Å². The second-order valence-corrected chi connectivity index (χ2v) is 5.26. The van der Waals surface area contributed by atoms with E-state index in [4.69, 9.17) is 29.6 Å². The molecule has 0 bridgehead atoms. The SMILES string of the molecule is NC(=S)c1ccc(CNC(=O)c2ccc(O)c(Cl)c2)cc1. The first-order valence-corrected chi connectivity index (χ1v) is 6.91. The van der Waals surface area contributed by atoms with E-state index in [9.17, 15) is 9.90 Å². The Hall–Kier alpha value is -2.11. The van der Waals surface area contributed by atoms with Crippen molar-refractivity contribution in [2.45, 2.75) is 6.54 Å². The average molecular weight is 321 g/mol. The van der Waals surface area contributed by atoms with E-state index in [1.54, 1.807) is 12.1 Å². The molecule has 2 rings (SSSR count). The quantitative estimate of drug-likeness (QED) is 0.757. The van der Waals surface area contributed by atoms with Crippen molar-refractivity contribution in [3.05, 3.63) is 64.2 Å². The molecule has 0 fully saturated rings. The van der Waals surface area contributed by atoms with Gasteiger partial charge in [0.05, 0.1) is 5.02 Å². The van der Waals surface area contributed by atoms with Crippen LogP contribution in [0.5, 0.6) is 5.75 Å². The first-order chi connectivity index (χ1) is 9.97. The lowest BCUT2D eigenvalue weighted by atomic mass is 10.1. The summed E-state index contributed by atoms with van der Waals surface area (Å²) in [4.78, 5) is 12.3. The number of phenols is 1. The number of thiocarbonyl (C=S) groups is 1. The largest absolute Gasteiger partial charge is 0.506 e. The maximum atomic E-state index is 12.0. The van der Waals surface area contributed by atoms with E-state index < -0.39 is 0 Å². The normalized spacial score (nSPS) is 10.1. The highest BCUT2D eigenvalue weighted by molar-refractivity contribution is 7.80. The van der Waals surface area contributed by atoms with E-state index in [0.717, 1.165) is 11.1 Å². The second-order valence-electron chi connectivity index (χ2n) is 4.41. The van der Waals surface area contributed by atoms with Gasteiger partial charge in [0.1, 0.15) is 10.7 Å². The number of amides is 1. The molecule has 0 saturated carbocycles. The highest BCUT2D eigenvalue weighted by Crippen LogP contribution is 2.23. The van der Waals surface area contributed by atoms with E-state index in [1.807, 2.05) is 12.1 Å². The molecule has 0 atom stereocenters. The number of nitrogens with one attached hydrogen (secondary N) is 1. The van der Waals surface area contributed by atoms with Crippen molar-refractivity contribution >= 4 is 34.7 Å². The van der Waals surface area contributed by atoms with Crippen LogP contribution >= 0.6 is 23.8 Å². The molecule has 0 aliphatic rings. The molecule has 0 unspecified atom stereocenters. The summed E-state index contributed by atoms with van der Waals surface area (Å²) < 4.78 is 0. The number of carbonyl (C=O) groups is 1. The van der Waals surface area contributed by atoms with Crippen molar-refractivity contribution in [1.82, 2.24) is 5.32 Å². The summed E-state index contributed by atoms with van der Waals surface area (Å²) >= 11 is 10.6. The molecule has 0 radical (unpaired) electrons. The molecule has 2 aromatic carbocycles. The van der Waals surface area contributed by atoms with Crippen LogP contribution in [0, 0.1) is 0 Å². The summed E-state index contributed by atoms with van der Waals surface area (Å²) in [6.45, 7) is 0.370. The lowest BCUT2D eigenvalue weighted by molar-refractivity contribution is 0.0951. The fourth-order valence-corrected chi connectivity index (χ4v) is 2.04. The fraction of sp³-hybridized carbons (Fsp3) is 0.0667. The zero-order valence-electron chi connectivity index (χ0n) is 11.0. The summed E-state index contributed by atoms with van der Waals surface area (Å²) in [5.74, 6) is -0.322. The van der Waals surface area contributed by atoms with Crippen LogP contribution in [0.2, 0.25) is 5.02 Å². The van der Waals surface area contributed by atoms with E-state index in [1.165, 1.54) is 18.2 Å². The van der Waals surface area contributed by atoms with Crippen molar-refractivity contribution in [1.29, 1.82) is 0 Å². The maximum Gasteiger partial charge on any atom is 0.251 e. The van der Waals surface area contributed by atoms with Gasteiger partial charge in [0, 0.05) is 17.7 Å². The van der Waals surface area contributed by atoms with Crippen molar-refractivity contribution in [3.63, 3.8) is 0 Å². The number of carbonyl (C=O) groups excluding carboxylic acids is 1. The van der Waals surface area contributed by atoms with Gasteiger partial charge in [-0.1, -0.05) is 48.1 Å². The van der Waals surface area contributed by atoms with Crippen LogP contribution in [-0.2, 0) is 6.54 Å². The Balaban J connectivity index is 2.00. The first kappa shape index (κ1) is 15.3. The monoisotopic (exact) mass is 320 g/mol. The number of hydrogen-bond acceptors (Lipinski definition) is 3. The topological polar surface area (TPSA) is 75.3 Å².